The van der Waals surface area contributed by atoms with E-state index in [0.717, 1.165) is 71.2 Å². The van der Waals surface area contributed by atoms with Gasteiger partial charge in [-0.05, 0) is 51.0 Å². The lowest BCUT2D eigenvalue weighted by Gasteiger charge is -2.36. The highest BCUT2D eigenvalue weighted by Crippen LogP contribution is 2.22. The van der Waals surface area contributed by atoms with Crippen molar-refractivity contribution in [3.63, 3.8) is 0 Å². The van der Waals surface area contributed by atoms with Crippen LogP contribution in [0.5, 0.6) is 0 Å². The SMILES string of the molecule is O=C(CC1CCCN1)N1CCC(CN2CCCCC2=O)CC1. The van der Waals surface area contributed by atoms with Gasteiger partial charge >= 0.3 is 0 Å². The number of carbonyl (C=O) groups is 2. The summed E-state index contributed by atoms with van der Waals surface area (Å²) in [6.07, 6.45) is 8.03. The van der Waals surface area contributed by atoms with Crippen molar-refractivity contribution in [2.24, 2.45) is 5.92 Å². The van der Waals surface area contributed by atoms with Crippen molar-refractivity contribution in [2.45, 2.75) is 57.4 Å². The van der Waals surface area contributed by atoms with Crippen LogP contribution >= 0.6 is 0 Å². The Morgan fingerprint density at radius 1 is 1.09 bits per heavy atom. The van der Waals surface area contributed by atoms with E-state index in [1.807, 2.05) is 9.80 Å². The monoisotopic (exact) mass is 307 g/mol. The molecule has 3 aliphatic rings. The van der Waals surface area contributed by atoms with Crippen LogP contribution in [0.4, 0.5) is 0 Å². The Morgan fingerprint density at radius 3 is 2.59 bits per heavy atom. The van der Waals surface area contributed by atoms with E-state index >= 15 is 0 Å². The summed E-state index contributed by atoms with van der Waals surface area (Å²) < 4.78 is 0. The normalized spacial score (nSPS) is 27.5. The van der Waals surface area contributed by atoms with Crippen LogP contribution in [0.1, 0.15) is 51.4 Å². The minimum atomic E-state index is 0.312. The number of nitrogens with zero attached hydrogens (tertiary/aromatic N) is 2. The molecule has 1 atom stereocenters. The maximum atomic E-state index is 12.3. The Bertz CT molecular complexity index is 399. The molecule has 0 spiro atoms. The maximum Gasteiger partial charge on any atom is 0.224 e. The number of nitrogens with one attached hydrogen (secondary N) is 1. The van der Waals surface area contributed by atoms with Gasteiger partial charge in [0.2, 0.25) is 11.8 Å². The third-order valence-corrected chi connectivity index (χ3v) is 5.45. The molecule has 3 rings (SSSR count). The number of rotatable bonds is 4. The Morgan fingerprint density at radius 2 is 1.91 bits per heavy atom. The second-order valence-electron chi connectivity index (χ2n) is 7.12. The molecular formula is C17H29N3O2. The molecule has 3 saturated heterocycles. The van der Waals surface area contributed by atoms with Crippen molar-refractivity contribution >= 4 is 11.8 Å². The highest BCUT2D eigenvalue weighted by Gasteiger charge is 2.28. The summed E-state index contributed by atoms with van der Waals surface area (Å²) in [4.78, 5) is 28.3. The van der Waals surface area contributed by atoms with E-state index in [-0.39, 0.29) is 0 Å². The average Bonchev–Trinajstić information content (AvgIpc) is 3.03. The second kappa shape index (κ2) is 7.44. The molecular weight excluding hydrogens is 278 g/mol. The van der Waals surface area contributed by atoms with Gasteiger partial charge in [0.25, 0.3) is 0 Å². The van der Waals surface area contributed by atoms with Crippen molar-refractivity contribution in [2.75, 3.05) is 32.7 Å². The summed E-state index contributed by atoms with van der Waals surface area (Å²) in [5.41, 5.74) is 0. The highest BCUT2D eigenvalue weighted by molar-refractivity contribution is 5.77. The van der Waals surface area contributed by atoms with Gasteiger partial charge in [-0.3, -0.25) is 9.59 Å². The van der Waals surface area contributed by atoms with Crippen LogP contribution in [-0.4, -0.2) is 60.4 Å². The summed E-state index contributed by atoms with van der Waals surface area (Å²) in [6, 6.07) is 0.399. The molecule has 3 aliphatic heterocycles. The molecule has 0 aromatic carbocycles. The number of piperidine rings is 2. The topological polar surface area (TPSA) is 52.7 Å². The van der Waals surface area contributed by atoms with Gasteiger partial charge in [0.05, 0.1) is 0 Å². The molecule has 0 bridgehead atoms. The third-order valence-electron chi connectivity index (χ3n) is 5.45. The van der Waals surface area contributed by atoms with Gasteiger partial charge in [-0.1, -0.05) is 0 Å². The Kier molecular flexibility index (Phi) is 5.34. The first kappa shape index (κ1) is 15.8. The van der Waals surface area contributed by atoms with E-state index in [1.54, 1.807) is 0 Å². The number of carbonyl (C=O) groups excluding carboxylic acids is 2. The van der Waals surface area contributed by atoms with Gasteiger partial charge in [-0.25, -0.2) is 0 Å². The number of hydrogen-bond donors (Lipinski definition) is 1. The van der Waals surface area contributed by atoms with Gasteiger partial charge in [-0.15, -0.1) is 0 Å². The van der Waals surface area contributed by atoms with Crippen molar-refractivity contribution in [3.8, 4) is 0 Å². The van der Waals surface area contributed by atoms with E-state index in [2.05, 4.69) is 5.32 Å². The fourth-order valence-corrected chi connectivity index (χ4v) is 4.00. The van der Waals surface area contributed by atoms with Gasteiger partial charge in [0.1, 0.15) is 0 Å². The second-order valence-corrected chi connectivity index (χ2v) is 7.12. The smallest absolute Gasteiger partial charge is 0.224 e. The van der Waals surface area contributed by atoms with Crippen molar-refractivity contribution in [1.82, 2.24) is 15.1 Å². The van der Waals surface area contributed by atoms with Gasteiger partial charge in [0, 0.05) is 45.1 Å². The van der Waals surface area contributed by atoms with E-state index in [4.69, 9.17) is 0 Å². The largest absolute Gasteiger partial charge is 0.343 e. The minimum Gasteiger partial charge on any atom is -0.343 e. The number of hydrogen-bond acceptors (Lipinski definition) is 3. The summed E-state index contributed by atoms with van der Waals surface area (Å²) in [7, 11) is 0. The van der Waals surface area contributed by atoms with Crippen molar-refractivity contribution < 1.29 is 9.59 Å². The molecule has 5 nitrogen and oxygen atoms in total. The third kappa shape index (κ3) is 4.00. The molecule has 124 valence electrons. The summed E-state index contributed by atoms with van der Waals surface area (Å²) in [5, 5.41) is 3.40. The van der Waals surface area contributed by atoms with Gasteiger partial charge < -0.3 is 15.1 Å². The molecule has 0 saturated carbocycles. The van der Waals surface area contributed by atoms with Crippen LogP contribution < -0.4 is 5.32 Å². The van der Waals surface area contributed by atoms with Gasteiger partial charge in [-0.2, -0.15) is 0 Å². The Hall–Kier alpha value is -1.10. The summed E-state index contributed by atoms with van der Waals surface area (Å²) in [6.45, 7) is 4.65. The fourth-order valence-electron chi connectivity index (χ4n) is 4.00. The number of likely N-dealkylation sites (tertiary alicyclic amines) is 2. The van der Waals surface area contributed by atoms with E-state index in [1.165, 1.54) is 6.42 Å². The first-order valence-electron chi connectivity index (χ1n) is 9.01. The molecule has 0 aliphatic carbocycles. The zero-order valence-electron chi connectivity index (χ0n) is 13.6. The average molecular weight is 307 g/mol. The van der Waals surface area contributed by atoms with E-state index in [0.29, 0.717) is 30.2 Å². The quantitative estimate of drug-likeness (QED) is 0.854. The van der Waals surface area contributed by atoms with Crippen LogP contribution in [0.3, 0.4) is 0 Å². The molecule has 1 unspecified atom stereocenters. The molecule has 0 aromatic rings. The highest BCUT2D eigenvalue weighted by atomic mass is 16.2. The zero-order valence-corrected chi connectivity index (χ0v) is 13.6. The molecule has 2 amide bonds. The lowest BCUT2D eigenvalue weighted by atomic mass is 9.94. The maximum absolute atomic E-state index is 12.3. The zero-order chi connectivity index (χ0) is 15.4. The van der Waals surface area contributed by atoms with Crippen LogP contribution in [0, 0.1) is 5.92 Å². The van der Waals surface area contributed by atoms with Crippen LogP contribution in [0.2, 0.25) is 0 Å². The number of amides is 2. The molecule has 1 N–H and O–H groups in total. The first-order valence-corrected chi connectivity index (χ1v) is 9.01. The molecule has 5 heteroatoms. The molecule has 3 fully saturated rings. The lowest BCUT2D eigenvalue weighted by molar-refractivity contribution is -0.136. The summed E-state index contributed by atoms with van der Waals surface area (Å²) >= 11 is 0. The molecule has 3 heterocycles. The fraction of sp³-hybridized carbons (Fsp3) is 0.882. The van der Waals surface area contributed by atoms with E-state index in [9.17, 15) is 9.59 Å². The molecule has 0 radical (unpaired) electrons. The predicted molar refractivity (Wildman–Crippen MR) is 85.4 cm³/mol. The van der Waals surface area contributed by atoms with Crippen molar-refractivity contribution in [1.29, 1.82) is 0 Å². The van der Waals surface area contributed by atoms with Crippen LogP contribution in [0.25, 0.3) is 0 Å². The predicted octanol–water partition coefficient (Wildman–Crippen LogP) is 1.38. The standard InChI is InChI=1S/C17H29N3O2/c21-16-5-1-2-9-20(16)13-14-6-10-19(11-7-14)17(22)12-15-4-3-8-18-15/h14-15,18H,1-13H2. The Labute approximate surface area is 133 Å². The Balaban J connectivity index is 1.39. The molecule has 22 heavy (non-hydrogen) atoms. The summed E-state index contributed by atoms with van der Waals surface area (Å²) in [5.74, 6) is 1.22. The lowest BCUT2D eigenvalue weighted by Crippen LogP contribution is -2.45. The first-order chi connectivity index (χ1) is 10.7. The van der Waals surface area contributed by atoms with Crippen molar-refractivity contribution in [3.05, 3.63) is 0 Å². The van der Waals surface area contributed by atoms with Gasteiger partial charge in [0.15, 0.2) is 0 Å². The van der Waals surface area contributed by atoms with Crippen LogP contribution in [0.15, 0.2) is 0 Å². The molecule has 0 aromatic heterocycles. The minimum absolute atomic E-state index is 0.312. The van der Waals surface area contributed by atoms with E-state index < -0.39 is 0 Å². The van der Waals surface area contributed by atoms with Crippen LogP contribution in [-0.2, 0) is 9.59 Å².